The van der Waals surface area contributed by atoms with Crippen LogP contribution in [0.15, 0.2) is 42.6 Å². The minimum absolute atomic E-state index is 0.125. The minimum Gasteiger partial charge on any atom is -0.494 e. The van der Waals surface area contributed by atoms with Crippen LogP contribution in [-0.2, 0) is 11.3 Å². The zero-order valence-corrected chi connectivity index (χ0v) is 16.3. The molecule has 6 nitrogen and oxygen atoms in total. The third-order valence-electron chi connectivity index (χ3n) is 4.37. The van der Waals surface area contributed by atoms with Crippen molar-refractivity contribution >= 4 is 6.09 Å². The third-order valence-corrected chi connectivity index (χ3v) is 4.37. The lowest BCUT2D eigenvalue weighted by atomic mass is 10.0. The van der Waals surface area contributed by atoms with E-state index in [4.69, 9.17) is 4.74 Å². The molecular formula is C21H21F2N3O3. The molecule has 0 aliphatic heterocycles. The Kier molecular flexibility index (Phi) is 6.11. The number of carbonyl (C=O) groups is 1. The van der Waals surface area contributed by atoms with Crippen molar-refractivity contribution in [1.82, 2.24) is 15.1 Å². The fourth-order valence-corrected chi connectivity index (χ4v) is 2.87. The second kappa shape index (κ2) is 8.72. The van der Waals surface area contributed by atoms with Crippen molar-refractivity contribution < 1.29 is 23.0 Å². The number of rotatable bonds is 6. The molecule has 0 fully saturated rings. The smallest absolute Gasteiger partial charge is 0.407 e. The number of alkyl carbamates (subject to hydrolysis) is 1. The summed E-state index contributed by atoms with van der Waals surface area (Å²) in [4.78, 5) is 11.3. The number of halogens is 2. The van der Waals surface area contributed by atoms with Gasteiger partial charge in [-0.05, 0) is 37.1 Å². The van der Waals surface area contributed by atoms with Crippen LogP contribution < -0.4 is 10.1 Å². The van der Waals surface area contributed by atoms with Crippen LogP contribution in [0.4, 0.5) is 13.6 Å². The van der Waals surface area contributed by atoms with Crippen molar-refractivity contribution in [2.45, 2.75) is 20.4 Å². The van der Waals surface area contributed by atoms with E-state index in [9.17, 15) is 13.6 Å². The molecule has 0 bridgehead atoms. The van der Waals surface area contributed by atoms with E-state index in [1.807, 2.05) is 25.1 Å². The first-order valence-electron chi connectivity index (χ1n) is 9.02. The predicted molar refractivity (Wildman–Crippen MR) is 104 cm³/mol. The van der Waals surface area contributed by atoms with Gasteiger partial charge in [0.15, 0.2) is 11.6 Å². The number of nitrogens with zero attached hydrogens (tertiary/aromatic N) is 2. The molecule has 3 aromatic rings. The molecule has 0 unspecified atom stereocenters. The van der Waals surface area contributed by atoms with Crippen molar-refractivity contribution in [1.29, 1.82) is 0 Å². The van der Waals surface area contributed by atoms with Gasteiger partial charge in [0.05, 0.1) is 19.4 Å². The Labute approximate surface area is 167 Å². The topological polar surface area (TPSA) is 65.4 Å². The Hall–Kier alpha value is -3.42. The maximum atomic E-state index is 14.4. The first kappa shape index (κ1) is 20.3. The Morgan fingerprint density at radius 1 is 1.17 bits per heavy atom. The molecule has 1 amide bonds. The molecular weight excluding hydrogens is 380 g/mol. The number of benzene rings is 2. The summed E-state index contributed by atoms with van der Waals surface area (Å²) in [7, 11) is 1.30. The Bertz CT molecular complexity index is 1010. The number of nitrogens with one attached hydrogen (secondary N) is 1. The average molecular weight is 401 g/mol. The summed E-state index contributed by atoms with van der Waals surface area (Å²) < 4.78 is 39.7. The molecule has 3 rings (SSSR count). The molecule has 1 heterocycles. The molecule has 0 radical (unpaired) electrons. The molecule has 0 atom stereocenters. The normalized spacial score (nSPS) is 10.7. The zero-order chi connectivity index (χ0) is 21.0. The summed E-state index contributed by atoms with van der Waals surface area (Å²) in [6.07, 6.45) is 0.962. The molecule has 152 valence electrons. The highest BCUT2D eigenvalue weighted by Crippen LogP contribution is 2.26. The van der Waals surface area contributed by atoms with Crippen molar-refractivity contribution in [3.05, 3.63) is 65.4 Å². The second-order valence-electron chi connectivity index (χ2n) is 6.30. The third kappa shape index (κ3) is 4.53. The van der Waals surface area contributed by atoms with Gasteiger partial charge in [-0.15, -0.1) is 0 Å². The minimum atomic E-state index is -0.769. The first-order valence-corrected chi connectivity index (χ1v) is 9.02. The van der Waals surface area contributed by atoms with E-state index in [2.05, 4.69) is 15.2 Å². The highest BCUT2D eigenvalue weighted by atomic mass is 19.1. The van der Waals surface area contributed by atoms with Crippen LogP contribution in [0.2, 0.25) is 0 Å². The van der Waals surface area contributed by atoms with Gasteiger partial charge in [0.2, 0.25) is 0 Å². The first-order chi connectivity index (χ1) is 13.9. The van der Waals surface area contributed by atoms with Crippen LogP contribution in [0, 0.1) is 18.6 Å². The van der Waals surface area contributed by atoms with E-state index in [-0.39, 0.29) is 18.0 Å². The molecule has 0 aliphatic rings. The Balaban J connectivity index is 1.90. The van der Waals surface area contributed by atoms with Gasteiger partial charge in [0, 0.05) is 30.4 Å². The molecule has 1 N–H and O–H groups in total. The standard InChI is InChI=1S/C21H21F2N3O3/c1-4-29-16-10-17(22)20(18(23)11-16)26-8-7-19(25-26)14-6-5-13(2)15(9-14)12-24-21(27)28-3/h5-11H,4,12H2,1-3H3,(H,24,27). The summed E-state index contributed by atoms with van der Waals surface area (Å²) in [5.74, 6) is -1.41. The van der Waals surface area contributed by atoms with Crippen LogP contribution in [0.5, 0.6) is 5.75 Å². The Morgan fingerprint density at radius 2 is 1.90 bits per heavy atom. The van der Waals surface area contributed by atoms with Gasteiger partial charge in [0.25, 0.3) is 0 Å². The summed E-state index contributed by atoms with van der Waals surface area (Å²) >= 11 is 0. The number of aryl methyl sites for hydroxylation is 1. The van der Waals surface area contributed by atoms with Gasteiger partial charge in [-0.1, -0.05) is 12.1 Å². The van der Waals surface area contributed by atoms with Crippen molar-refractivity contribution in [3.8, 4) is 22.7 Å². The van der Waals surface area contributed by atoms with Gasteiger partial charge in [-0.3, -0.25) is 0 Å². The fraction of sp³-hybridized carbons (Fsp3) is 0.238. The lowest BCUT2D eigenvalue weighted by Gasteiger charge is -2.10. The number of methoxy groups -OCH3 is 1. The SMILES string of the molecule is CCOc1cc(F)c(-n2ccc(-c3ccc(C)c(CNC(=O)OC)c3)n2)c(F)c1. The summed E-state index contributed by atoms with van der Waals surface area (Å²) in [5.41, 5.74) is 2.87. The van der Waals surface area contributed by atoms with Crippen LogP contribution >= 0.6 is 0 Å². The molecule has 0 spiro atoms. The molecule has 0 aliphatic carbocycles. The van der Waals surface area contributed by atoms with Gasteiger partial charge in [0.1, 0.15) is 11.4 Å². The molecule has 2 aromatic carbocycles. The van der Waals surface area contributed by atoms with Crippen molar-refractivity contribution in [2.75, 3.05) is 13.7 Å². The van der Waals surface area contributed by atoms with Crippen LogP contribution in [0.25, 0.3) is 16.9 Å². The van der Waals surface area contributed by atoms with Gasteiger partial charge >= 0.3 is 6.09 Å². The van der Waals surface area contributed by atoms with Crippen LogP contribution in [-0.4, -0.2) is 29.6 Å². The summed E-state index contributed by atoms with van der Waals surface area (Å²) in [5, 5.41) is 6.95. The predicted octanol–water partition coefficient (Wildman–Crippen LogP) is 4.38. The number of hydrogen-bond acceptors (Lipinski definition) is 4. The number of ether oxygens (including phenoxy) is 2. The maximum Gasteiger partial charge on any atom is 0.407 e. The summed E-state index contributed by atoms with van der Waals surface area (Å²) in [6, 6.07) is 9.53. The van der Waals surface area contributed by atoms with E-state index in [0.717, 1.165) is 33.5 Å². The van der Waals surface area contributed by atoms with Gasteiger partial charge in [-0.2, -0.15) is 5.10 Å². The largest absolute Gasteiger partial charge is 0.494 e. The monoisotopic (exact) mass is 401 g/mol. The lowest BCUT2D eigenvalue weighted by molar-refractivity contribution is 0.170. The lowest BCUT2D eigenvalue weighted by Crippen LogP contribution is -2.22. The summed E-state index contributed by atoms with van der Waals surface area (Å²) in [6.45, 7) is 4.25. The maximum absolute atomic E-state index is 14.4. The van der Waals surface area contributed by atoms with Crippen molar-refractivity contribution in [2.24, 2.45) is 0 Å². The number of carbonyl (C=O) groups excluding carboxylic acids is 1. The van der Waals surface area contributed by atoms with E-state index >= 15 is 0 Å². The number of aromatic nitrogens is 2. The van der Waals surface area contributed by atoms with E-state index in [0.29, 0.717) is 12.3 Å². The van der Waals surface area contributed by atoms with Gasteiger partial charge in [-0.25, -0.2) is 18.3 Å². The van der Waals surface area contributed by atoms with Crippen LogP contribution in [0.3, 0.4) is 0 Å². The highest BCUT2D eigenvalue weighted by molar-refractivity contribution is 5.67. The quantitative estimate of drug-likeness (QED) is 0.666. The van der Waals surface area contributed by atoms with Crippen LogP contribution in [0.1, 0.15) is 18.1 Å². The Morgan fingerprint density at radius 3 is 2.55 bits per heavy atom. The van der Waals surface area contributed by atoms with E-state index in [1.165, 1.54) is 13.3 Å². The molecule has 1 aromatic heterocycles. The number of amides is 1. The van der Waals surface area contributed by atoms with E-state index in [1.54, 1.807) is 13.0 Å². The molecule has 29 heavy (non-hydrogen) atoms. The molecule has 8 heteroatoms. The van der Waals surface area contributed by atoms with Gasteiger partial charge < -0.3 is 14.8 Å². The van der Waals surface area contributed by atoms with Crippen molar-refractivity contribution in [3.63, 3.8) is 0 Å². The fourth-order valence-electron chi connectivity index (χ4n) is 2.87. The van der Waals surface area contributed by atoms with E-state index < -0.39 is 17.7 Å². The molecule has 0 saturated heterocycles. The zero-order valence-electron chi connectivity index (χ0n) is 16.3. The second-order valence-corrected chi connectivity index (χ2v) is 6.30. The number of hydrogen-bond donors (Lipinski definition) is 1. The highest BCUT2D eigenvalue weighted by Gasteiger charge is 2.16. The average Bonchev–Trinajstić information content (AvgIpc) is 3.16. The molecule has 0 saturated carbocycles.